The Balaban J connectivity index is 0.573. The van der Waals surface area contributed by atoms with Crippen LogP contribution in [0.25, 0.3) is 166 Å². The highest BCUT2D eigenvalue weighted by Gasteiger charge is 2.23. The van der Waals surface area contributed by atoms with Crippen LogP contribution in [0.1, 0.15) is 0 Å². The van der Waals surface area contributed by atoms with Crippen LogP contribution in [-0.4, -0.2) is 0 Å². The lowest BCUT2D eigenvalue weighted by molar-refractivity contribution is 0.669. The molecule has 0 fully saturated rings. The quantitative estimate of drug-likeness (QED) is 0.109. The fourth-order valence-corrected chi connectivity index (χ4v) is 15.7. The summed E-state index contributed by atoms with van der Waals surface area (Å²) in [6.07, 6.45) is 0. The van der Waals surface area contributed by atoms with Gasteiger partial charge in [-0.05, 0) is 192 Å². The fraction of sp³-hybridized carbons (Fsp3) is 0. The van der Waals surface area contributed by atoms with Crippen LogP contribution >= 0.6 is 0 Å². The molecule has 3 heterocycles. The minimum Gasteiger partial charge on any atom is -0.456 e. The molecule has 0 atom stereocenters. The molecule has 20 aromatic rings. The number of hydrogen-bond donors (Lipinski definition) is 0. The van der Waals surface area contributed by atoms with Crippen molar-refractivity contribution in [1.82, 2.24) is 0 Å². The Morgan fingerprint density at radius 2 is 0.505 bits per heavy atom. The summed E-state index contributed by atoms with van der Waals surface area (Å²) in [5.41, 5.74) is 29.6. The lowest BCUT2D eigenvalue weighted by Gasteiger charge is -2.26. The number of fused-ring (bicyclic) bond motifs is 10. The lowest BCUT2D eigenvalue weighted by Crippen LogP contribution is -2.10. The van der Waals surface area contributed by atoms with Crippen LogP contribution in [0.5, 0.6) is 0 Å². The van der Waals surface area contributed by atoms with Gasteiger partial charge in [0.25, 0.3) is 0 Å². The number of hydrogen-bond acceptors (Lipinski definition) is 5. The van der Waals surface area contributed by atoms with Crippen molar-refractivity contribution in [1.29, 1.82) is 0 Å². The second-order valence-electron chi connectivity index (χ2n) is 27.1. The third-order valence-electron chi connectivity index (χ3n) is 20.9. The summed E-state index contributed by atoms with van der Waals surface area (Å²) in [7, 11) is 0. The van der Waals surface area contributed by atoms with Gasteiger partial charge in [-0.15, -0.1) is 0 Å². The number of furan rings is 3. The fourth-order valence-electron chi connectivity index (χ4n) is 15.7. The highest BCUT2D eigenvalue weighted by atomic mass is 16.3. The normalized spacial score (nSPS) is 11.6. The summed E-state index contributed by atoms with van der Waals surface area (Å²) >= 11 is 0. The van der Waals surface area contributed by atoms with Crippen molar-refractivity contribution in [3.63, 3.8) is 0 Å². The summed E-state index contributed by atoms with van der Waals surface area (Å²) in [4.78, 5) is 4.69. The van der Waals surface area contributed by atoms with Gasteiger partial charge >= 0.3 is 0 Å². The van der Waals surface area contributed by atoms with E-state index in [4.69, 9.17) is 13.3 Å². The van der Waals surface area contributed by atoms with E-state index in [-0.39, 0.29) is 0 Å². The molecule has 0 amide bonds. The van der Waals surface area contributed by atoms with Crippen LogP contribution in [0, 0.1) is 0 Å². The van der Waals surface area contributed by atoms with Crippen LogP contribution in [-0.2, 0) is 0 Å². The molecule has 5 nitrogen and oxygen atoms in total. The minimum absolute atomic E-state index is 0.844. The Labute approximate surface area is 607 Å². The average Bonchev–Trinajstić information content (AvgIpc) is 1.67. The third kappa shape index (κ3) is 11.0. The van der Waals surface area contributed by atoms with Crippen molar-refractivity contribution in [2.24, 2.45) is 0 Å². The zero-order chi connectivity index (χ0) is 69.3. The van der Waals surface area contributed by atoms with E-state index in [9.17, 15) is 0 Å². The van der Waals surface area contributed by atoms with Crippen molar-refractivity contribution in [3.05, 3.63) is 388 Å². The van der Waals surface area contributed by atoms with Crippen molar-refractivity contribution in [3.8, 4) is 89.0 Å². The number of rotatable bonds is 14. The van der Waals surface area contributed by atoms with Gasteiger partial charge in [-0.2, -0.15) is 0 Å². The predicted molar refractivity (Wildman–Crippen MR) is 439 cm³/mol. The Hall–Kier alpha value is -14.0. The first-order chi connectivity index (χ1) is 52.0. The Kier molecular flexibility index (Phi) is 14.8. The largest absolute Gasteiger partial charge is 0.456 e. The molecule has 0 radical (unpaired) electrons. The van der Waals surface area contributed by atoms with E-state index in [0.29, 0.717) is 0 Å². The smallest absolute Gasteiger partial charge is 0.143 e. The summed E-state index contributed by atoms with van der Waals surface area (Å²) < 4.78 is 19.9. The van der Waals surface area contributed by atoms with Gasteiger partial charge in [-0.1, -0.05) is 285 Å². The molecule has 0 unspecified atom stereocenters. The van der Waals surface area contributed by atoms with E-state index < -0.39 is 0 Å². The zero-order valence-corrected chi connectivity index (χ0v) is 57.1. The topological polar surface area (TPSA) is 45.9 Å². The Morgan fingerprint density at radius 3 is 1.08 bits per heavy atom. The molecule has 20 rings (SSSR count). The second kappa shape index (κ2) is 25.6. The highest BCUT2D eigenvalue weighted by Crippen LogP contribution is 2.47. The number of nitrogens with zero attached hydrogens (tertiary/aromatic N) is 2. The minimum atomic E-state index is 0.844. The summed E-state index contributed by atoms with van der Waals surface area (Å²) in [6, 6.07) is 139. The van der Waals surface area contributed by atoms with Gasteiger partial charge in [0.15, 0.2) is 0 Å². The molecule has 0 aliphatic rings. The van der Waals surface area contributed by atoms with Gasteiger partial charge in [0, 0.05) is 66.5 Å². The van der Waals surface area contributed by atoms with Crippen molar-refractivity contribution in [2.75, 3.05) is 9.80 Å². The van der Waals surface area contributed by atoms with Gasteiger partial charge in [-0.25, -0.2) is 0 Å². The van der Waals surface area contributed by atoms with Gasteiger partial charge < -0.3 is 23.1 Å². The van der Waals surface area contributed by atoms with Gasteiger partial charge in [0.05, 0.1) is 11.1 Å². The highest BCUT2D eigenvalue weighted by molar-refractivity contribution is 6.15. The van der Waals surface area contributed by atoms with Crippen LogP contribution in [0.4, 0.5) is 34.1 Å². The number of benzene rings is 17. The van der Waals surface area contributed by atoms with E-state index in [2.05, 4.69) is 374 Å². The van der Waals surface area contributed by atoms with Crippen molar-refractivity contribution < 1.29 is 13.3 Å². The number of para-hydroxylation sites is 4. The molecule has 0 spiro atoms. The molecule has 5 heteroatoms. The van der Waals surface area contributed by atoms with Crippen LogP contribution in [0.2, 0.25) is 0 Å². The molecule has 0 N–H and O–H groups in total. The van der Waals surface area contributed by atoms with Crippen LogP contribution < -0.4 is 9.80 Å². The predicted octanol–water partition coefficient (Wildman–Crippen LogP) is 28.8. The molecule has 0 aliphatic carbocycles. The monoisotopic (exact) mass is 1340 g/mol. The van der Waals surface area contributed by atoms with Gasteiger partial charge in [0.1, 0.15) is 33.5 Å². The van der Waals surface area contributed by atoms with Crippen molar-refractivity contribution >= 4 is 111 Å². The first kappa shape index (κ1) is 60.9. The van der Waals surface area contributed by atoms with Gasteiger partial charge in [-0.3, -0.25) is 0 Å². The molecular weight excluding hydrogens is 1280 g/mol. The number of anilines is 6. The summed E-state index contributed by atoms with van der Waals surface area (Å²) in [6.45, 7) is 0. The van der Waals surface area contributed by atoms with Gasteiger partial charge in [0.2, 0.25) is 0 Å². The Bertz CT molecular complexity index is 6650. The van der Waals surface area contributed by atoms with E-state index in [1.165, 1.54) is 33.0 Å². The average molecular weight is 1340 g/mol. The molecule has 0 aliphatic heterocycles. The molecule has 17 aromatic carbocycles. The zero-order valence-electron chi connectivity index (χ0n) is 57.1. The first-order valence-corrected chi connectivity index (χ1v) is 35.7. The van der Waals surface area contributed by atoms with E-state index >= 15 is 0 Å². The molecule has 0 bridgehead atoms. The third-order valence-corrected chi connectivity index (χ3v) is 20.9. The first-order valence-electron chi connectivity index (χ1n) is 35.7. The standard InChI is InChI=1S/C100H64N2O3/c1-2-15-65(16-3-1)66-33-35-67(36-34-66)70-43-54-82(55-44-70)102(93-29-14-32-96-98(93)92-23-7-9-31-95(92)103-96)83-60-49-75(50-61-83)87-26-13-28-91-89-62-51-78(64-97(89)105-100(87)91)77-20-10-19-76(63-77)71-39-37-68(38-40-71)69-41-52-79(53-42-69)101(80-56-45-73(46-57-80)85-24-11-18-72-17-4-5-21-84(72)85)81-58-47-74(48-59-81)86-25-12-27-90-88-22-6-8-30-94(88)104-99(86)90/h1-64H. The SMILES string of the molecule is c1ccc(-c2ccc(-c3ccc(N(c4ccc(-c5cccc6c5oc5cc(-c7cccc(-c8ccc(-c9ccc(N(c%10ccc(-c%11cccc%12ccccc%11%12)cc%10)c%10ccc(-c%11cccc%12c%11oc%11ccccc%11%12)cc%10)cc9)cc8)c7)ccc56)cc4)c4cccc5oc6ccccc6c45)cc3)cc2)cc1. The van der Waals surface area contributed by atoms with E-state index in [1.807, 2.05) is 24.3 Å². The maximum absolute atomic E-state index is 6.95. The molecule has 0 saturated carbocycles. The summed E-state index contributed by atoms with van der Waals surface area (Å²) in [5, 5.41) is 9.02. The molecule has 492 valence electrons. The van der Waals surface area contributed by atoms with Crippen LogP contribution in [0.3, 0.4) is 0 Å². The molecule has 105 heavy (non-hydrogen) atoms. The molecular formula is C100H64N2O3. The second-order valence-corrected chi connectivity index (χ2v) is 27.1. The Morgan fingerprint density at radius 1 is 0.171 bits per heavy atom. The van der Waals surface area contributed by atoms with Crippen molar-refractivity contribution in [2.45, 2.75) is 0 Å². The van der Waals surface area contributed by atoms with E-state index in [0.717, 1.165) is 167 Å². The van der Waals surface area contributed by atoms with Crippen LogP contribution in [0.15, 0.2) is 401 Å². The van der Waals surface area contributed by atoms with E-state index in [1.54, 1.807) is 0 Å². The summed E-state index contributed by atoms with van der Waals surface area (Å²) in [5.74, 6) is 0. The maximum Gasteiger partial charge on any atom is 0.143 e. The molecule has 3 aromatic heterocycles. The molecule has 0 saturated heterocycles. The lowest BCUT2D eigenvalue weighted by atomic mass is 9.96. The maximum atomic E-state index is 6.95.